The zero-order valence-corrected chi connectivity index (χ0v) is 24.1. The Morgan fingerprint density at radius 1 is 1.08 bits per heavy atom. The van der Waals surface area contributed by atoms with Gasteiger partial charge in [-0.15, -0.1) is 11.8 Å². The molecule has 0 radical (unpaired) electrons. The molecule has 0 saturated carbocycles. The molecule has 196 valence electrons. The summed E-state index contributed by atoms with van der Waals surface area (Å²) in [5, 5.41) is 3.40. The number of anilines is 1. The van der Waals surface area contributed by atoms with E-state index >= 15 is 0 Å². The molecule has 2 aliphatic rings. The molecule has 0 amide bonds. The number of benzene rings is 3. The largest absolute Gasteiger partial charge is 0.422 e. The molecular weight excluding hydrogens is 488 g/mol. The van der Waals surface area contributed by atoms with E-state index in [1.807, 2.05) is 6.07 Å². The summed E-state index contributed by atoms with van der Waals surface area (Å²) in [6.07, 6.45) is 7.06. The summed E-state index contributed by atoms with van der Waals surface area (Å²) in [6, 6.07) is 14.8. The van der Waals surface area contributed by atoms with Gasteiger partial charge >= 0.3 is 5.63 Å². The summed E-state index contributed by atoms with van der Waals surface area (Å²) in [6.45, 7) is 13.4. The Hall–Kier alpha value is -3.05. The van der Waals surface area contributed by atoms with Crippen molar-refractivity contribution >= 4 is 51.1 Å². The van der Waals surface area contributed by atoms with Gasteiger partial charge in [0.25, 0.3) is 0 Å². The normalized spacial score (nSPS) is 20.4. The Kier molecular flexibility index (Phi) is 5.99. The standard InChI is InChI=1S/C33H36N2O2S/c1-7-33(5)15-17-35-16-14-32(3,4)27-28(35)25(33)18-23-20(2)24(31(36)37-29(23)27)19-34-26-13-12-21-10-8-9-11-22(21)30(26)38-6/h8-13,18-19H,7,14-17H2,1-6H3. The third-order valence-electron chi connectivity index (χ3n) is 9.23. The van der Waals surface area contributed by atoms with Crippen LogP contribution in [0.5, 0.6) is 0 Å². The maximum Gasteiger partial charge on any atom is 0.345 e. The van der Waals surface area contributed by atoms with Crippen molar-refractivity contribution in [3.8, 4) is 0 Å². The van der Waals surface area contributed by atoms with Gasteiger partial charge in [-0.2, -0.15) is 0 Å². The van der Waals surface area contributed by atoms with Crippen LogP contribution in [0, 0.1) is 6.92 Å². The highest BCUT2D eigenvalue weighted by Gasteiger charge is 2.43. The number of fused-ring (bicyclic) bond motifs is 3. The predicted octanol–water partition coefficient (Wildman–Crippen LogP) is 8.29. The summed E-state index contributed by atoms with van der Waals surface area (Å²) in [7, 11) is 0. The van der Waals surface area contributed by atoms with E-state index in [0.717, 1.165) is 59.5 Å². The first-order valence-electron chi connectivity index (χ1n) is 13.7. The quantitative estimate of drug-likeness (QED) is 0.153. The molecule has 0 aliphatic carbocycles. The van der Waals surface area contributed by atoms with Crippen LogP contribution in [-0.2, 0) is 10.8 Å². The number of rotatable bonds is 4. The van der Waals surface area contributed by atoms with Gasteiger partial charge in [-0.3, -0.25) is 4.99 Å². The van der Waals surface area contributed by atoms with E-state index < -0.39 is 0 Å². The van der Waals surface area contributed by atoms with Crippen LogP contribution in [-0.4, -0.2) is 25.6 Å². The van der Waals surface area contributed by atoms with Gasteiger partial charge < -0.3 is 9.32 Å². The molecule has 0 N–H and O–H groups in total. The summed E-state index contributed by atoms with van der Waals surface area (Å²) in [5.74, 6) is 0. The molecular formula is C33H36N2O2S. The first-order chi connectivity index (χ1) is 18.2. The molecule has 2 aliphatic heterocycles. The SMILES string of the molecule is CCC1(C)CCN2CCC(C)(C)c3c2c1cc1c(C)c(C=Nc2ccc4ccccc4c2SC)c(=O)oc31. The third-order valence-corrected chi connectivity index (χ3v) is 10.1. The van der Waals surface area contributed by atoms with Gasteiger partial charge in [-0.05, 0) is 77.3 Å². The molecule has 38 heavy (non-hydrogen) atoms. The van der Waals surface area contributed by atoms with Crippen molar-refractivity contribution in [2.45, 2.75) is 69.6 Å². The van der Waals surface area contributed by atoms with Crippen LogP contribution < -0.4 is 10.5 Å². The van der Waals surface area contributed by atoms with Crippen molar-refractivity contribution in [3.63, 3.8) is 0 Å². The Labute approximate surface area is 229 Å². The van der Waals surface area contributed by atoms with E-state index in [4.69, 9.17) is 9.41 Å². The molecule has 4 nitrogen and oxygen atoms in total. The second-order valence-corrected chi connectivity index (χ2v) is 12.7. The molecule has 0 bridgehead atoms. The van der Waals surface area contributed by atoms with Gasteiger partial charge in [0.15, 0.2) is 0 Å². The number of hydrogen-bond acceptors (Lipinski definition) is 5. The van der Waals surface area contributed by atoms with Crippen molar-refractivity contribution in [2.24, 2.45) is 4.99 Å². The Balaban J connectivity index is 1.58. The average molecular weight is 525 g/mol. The van der Waals surface area contributed by atoms with Crippen molar-refractivity contribution in [3.05, 3.63) is 75.1 Å². The van der Waals surface area contributed by atoms with Gasteiger partial charge in [0, 0.05) is 40.8 Å². The summed E-state index contributed by atoms with van der Waals surface area (Å²) in [4.78, 5) is 22.0. The lowest BCUT2D eigenvalue weighted by Crippen LogP contribution is -2.45. The van der Waals surface area contributed by atoms with E-state index in [9.17, 15) is 4.79 Å². The fourth-order valence-corrected chi connectivity index (χ4v) is 7.23. The Morgan fingerprint density at radius 3 is 2.61 bits per heavy atom. The minimum atomic E-state index is -0.316. The van der Waals surface area contributed by atoms with E-state index in [-0.39, 0.29) is 16.5 Å². The van der Waals surface area contributed by atoms with E-state index in [2.05, 4.69) is 82.2 Å². The predicted molar refractivity (Wildman–Crippen MR) is 162 cm³/mol. The van der Waals surface area contributed by atoms with Gasteiger partial charge in [0.05, 0.1) is 11.3 Å². The first kappa shape index (κ1) is 25.2. The highest BCUT2D eigenvalue weighted by Crippen LogP contribution is 2.53. The molecule has 0 fully saturated rings. The van der Waals surface area contributed by atoms with E-state index in [1.165, 1.54) is 27.6 Å². The lowest BCUT2D eigenvalue weighted by molar-refractivity contribution is 0.371. The topological polar surface area (TPSA) is 45.8 Å². The lowest BCUT2D eigenvalue weighted by atomic mass is 9.67. The molecule has 6 rings (SSSR count). The highest BCUT2D eigenvalue weighted by atomic mass is 32.2. The number of thioether (sulfide) groups is 1. The van der Waals surface area contributed by atoms with Crippen LogP contribution in [0.25, 0.3) is 21.7 Å². The first-order valence-corrected chi connectivity index (χ1v) is 14.9. The van der Waals surface area contributed by atoms with Crippen LogP contribution in [0.2, 0.25) is 0 Å². The highest BCUT2D eigenvalue weighted by molar-refractivity contribution is 7.99. The second kappa shape index (κ2) is 9.01. The molecule has 1 atom stereocenters. The second-order valence-electron chi connectivity index (χ2n) is 11.8. The lowest BCUT2D eigenvalue weighted by Gasteiger charge is -2.49. The Morgan fingerprint density at radius 2 is 1.84 bits per heavy atom. The maximum atomic E-state index is 13.5. The van der Waals surface area contributed by atoms with Gasteiger partial charge in [0.2, 0.25) is 0 Å². The number of aryl methyl sites for hydroxylation is 1. The minimum Gasteiger partial charge on any atom is -0.422 e. The smallest absolute Gasteiger partial charge is 0.345 e. The van der Waals surface area contributed by atoms with Crippen molar-refractivity contribution in [1.29, 1.82) is 0 Å². The van der Waals surface area contributed by atoms with Crippen molar-refractivity contribution in [1.82, 2.24) is 0 Å². The molecule has 0 spiro atoms. The van der Waals surface area contributed by atoms with Crippen LogP contribution in [0.3, 0.4) is 0 Å². The summed E-state index contributed by atoms with van der Waals surface area (Å²) < 4.78 is 6.22. The molecule has 1 aromatic heterocycles. The van der Waals surface area contributed by atoms with Gasteiger partial charge in [0.1, 0.15) is 5.58 Å². The molecule has 0 saturated heterocycles. The fraction of sp³-hybridized carbons (Fsp3) is 0.394. The van der Waals surface area contributed by atoms with Crippen molar-refractivity contribution in [2.75, 3.05) is 24.2 Å². The summed E-state index contributed by atoms with van der Waals surface area (Å²) in [5.41, 5.74) is 6.75. The monoisotopic (exact) mass is 524 g/mol. The molecule has 4 aromatic rings. The van der Waals surface area contributed by atoms with E-state index in [0.29, 0.717) is 5.56 Å². The Bertz CT molecular complexity index is 1680. The minimum absolute atomic E-state index is 0.0670. The number of hydrogen-bond donors (Lipinski definition) is 0. The molecule has 1 unspecified atom stereocenters. The number of nitrogens with zero attached hydrogens (tertiary/aromatic N) is 2. The molecule has 3 heterocycles. The molecule has 5 heteroatoms. The van der Waals surface area contributed by atoms with Crippen LogP contribution >= 0.6 is 11.8 Å². The fourth-order valence-electron chi connectivity index (χ4n) is 6.49. The third kappa shape index (κ3) is 3.73. The van der Waals surface area contributed by atoms with Gasteiger partial charge in [-0.1, -0.05) is 58.0 Å². The maximum absolute atomic E-state index is 13.5. The summed E-state index contributed by atoms with van der Waals surface area (Å²) >= 11 is 1.68. The van der Waals surface area contributed by atoms with Crippen LogP contribution in [0.1, 0.15) is 69.2 Å². The van der Waals surface area contributed by atoms with Crippen LogP contribution in [0.15, 0.2) is 61.6 Å². The zero-order valence-electron chi connectivity index (χ0n) is 23.3. The van der Waals surface area contributed by atoms with Crippen molar-refractivity contribution < 1.29 is 4.42 Å². The van der Waals surface area contributed by atoms with Gasteiger partial charge in [-0.25, -0.2) is 4.79 Å². The average Bonchev–Trinajstić information content (AvgIpc) is 2.91. The molecule has 3 aromatic carbocycles. The van der Waals surface area contributed by atoms with E-state index in [1.54, 1.807) is 18.0 Å². The zero-order chi connectivity index (χ0) is 26.8. The number of aliphatic imine (C=N–C) groups is 1. The van der Waals surface area contributed by atoms with Crippen LogP contribution in [0.4, 0.5) is 11.4 Å².